The third kappa shape index (κ3) is 2.35. The van der Waals surface area contributed by atoms with Crippen LogP contribution in [0.3, 0.4) is 0 Å². The van der Waals surface area contributed by atoms with E-state index < -0.39 is 11.7 Å². The van der Waals surface area contributed by atoms with Crippen molar-refractivity contribution >= 4 is 9.24 Å². The fraction of sp³-hybridized carbons (Fsp3) is 1.00. The minimum Gasteiger partial charge on any atom is -0.316 e. The molecule has 1 heterocycles. The van der Waals surface area contributed by atoms with Crippen LogP contribution in [0.25, 0.3) is 0 Å². The zero-order valence-corrected chi connectivity index (χ0v) is 8.21. The van der Waals surface area contributed by atoms with Crippen molar-refractivity contribution in [3.63, 3.8) is 0 Å². The second-order valence-electron chi connectivity index (χ2n) is 3.47. The van der Waals surface area contributed by atoms with E-state index in [0.717, 1.165) is 6.42 Å². The Morgan fingerprint density at radius 2 is 2.08 bits per heavy atom. The van der Waals surface area contributed by atoms with Crippen molar-refractivity contribution in [3.05, 3.63) is 0 Å². The molecule has 0 amide bonds. The standard InChI is InChI=1S/C7H15F2N2P/c1-4-2-3-5(7(8,9)12)11-6(4)10/h4-6,11H,2-3,10,12H2,1H3. The number of piperidine rings is 1. The van der Waals surface area contributed by atoms with Gasteiger partial charge in [-0.3, -0.25) is 5.32 Å². The Hall–Kier alpha value is 0.210. The molecular formula is C7H15F2N2P. The minimum absolute atomic E-state index is 0.286. The number of nitrogens with two attached hydrogens (primary N) is 1. The number of nitrogens with one attached hydrogen (secondary N) is 1. The van der Waals surface area contributed by atoms with Gasteiger partial charge in [-0.2, -0.15) is 0 Å². The highest BCUT2D eigenvalue weighted by molar-refractivity contribution is 7.18. The van der Waals surface area contributed by atoms with Gasteiger partial charge in [0.15, 0.2) is 0 Å². The minimum atomic E-state index is -2.74. The van der Waals surface area contributed by atoms with Gasteiger partial charge in [-0.1, -0.05) is 16.2 Å². The van der Waals surface area contributed by atoms with Crippen molar-refractivity contribution in [3.8, 4) is 0 Å². The van der Waals surface area contributed by atoms with Gasteiger partial charge in [0.1, 0.15) is 0 Å². The first kappa shape index (κ1) is 10.3. The Bertz CT molecular complexity index is 160. The third-order valence-corrected chi connectivity index (χ3v) is 2.78. The van der Waals surface area contributed by atoms with E-state index in [4.69, 9.17) is 5.73 Å². The summed E-state index contributed by atoms with van der Waals surface area (Å²) in [5, 5.41) is 2.71. The maximum Gasteiger partial charge on any atom is 0.273 e. The number of rotatable bonds is 1. The molecule has 0 bridgehead atoms. The molecule has 1 aliphatic rings. The summed E-state index contributed by atoms with van der Waals surface area (Å²) in [6, 6.07) is -0.784. The van der Waals surface area contributed by atoms with Crippen molar-refractivity contribution in [2.75, 3.05) is 0 Å². The van der Waals surface area contributed by atoms with Crippen LogP contribution in [0.15, 0.2) is 0 Å². The normalized spacial score (nSPS) is 38.2. The van der Waals surface area contributed by atoms with Gasteiger partial charge in [0.25, 0.3) is 5.66 Å². The summed E-state index contributed by atoms with van der Waals surface area (Å²) in [4.78, 5) is 0. The van der Waals surface area contributed by atoms with Crippen LogP contribution >= 0.6 is 9.24 Å². The molecule has 1 aliphatic heterocycles. The van der Waals surface area contributed by atoms with Crippen molar-refractivity contribution < 1.29 is 8.78 Å². The zero-order valence-electron chi connectivity index (χ0n) is 7.06. The molecule has 4 atom stereocenters. The molecular weight excluding hydrogens is 181 g/mol. The topological polar surface area (TPSA) is 38.0 Å². The van der Waals surface area contributed by atoms with Crippen LogP contribution in [-0.2, 0) is 0 Å². The number of hydrogen-bond donors (Lipinski definition) is 2. The van der Waals surface area contributed by atoms with Crippen molar-refractivity contribution in [1.82, 2.24) is 5.32 Å². The fourth-order valence-electron chi connectivity index (χ4n) is 1.39. The average molecular weight is 196 g/mol. The van der Waals surface area contributed by atoms with Crippen LogP contribution in [0.4, 0.5) is 8.78 Å². The zero-order chi connectivity index (χ0) is 9.35. The third-order valence-electron chi connectivity index (χ3n) is 2.38. The average Bonchev–Trinajstić information content (AvgIpc) is 1.92. The molecule has 1 saturated heterocycles. The highest BCUT2D eigenvalue weighted by atomic mass is 31.0. The molecule has 0 aromatic rings. The molecule has 5 heteroatoms. The molecule has 0 aromatic carbocycles. The molecule has 0 spiro atoms. The predicted octanol–water partition coefficient (Wildman–Crippen LogP) is 1.13. The fourth-order valence-corrected chi connectivity index (χ4v) is 1.66. The molecule has 72 valence electrons. The summed E-state index contributed by atoms with van der Waals surface area (Å²) in [6.45, 7) is 1.97. The number of alkyl halides is 2. The number of hydrogen-bond acceptors (Lipinski definition) is 2. The van der Waals surface area contributed by atoms with Crippen LogP contribution in [0.5, 0.6) is 0 Å². The second kappa shape index (κ2) is 3.52. The first-order valence-corrected chi connectivity index (χ1v) is 4.67. The van der Waals surface area contributed by atoms with Gasteiger partial charge in [0.05, 0.1) is 12.2 Å². The van der Waals surface area contributed by atoms with Gasteiger partial charge in [0, 0.05) is 0 Å². The maximum atomic E-state index is 12.8. The summed E-state index contributed by atoms with van der Waals surface area (Å²) in [5.41, 5.74) is 2.87. The Labute approximate surface area is 73.5 Å². The van der Waals surface area contributed by atoms with E-state index in [9.17, 15) is 8.78 Å². The van der Waals surface area contributed by atoms with E-state index in [1.165, 1.54) is 0 Å². The highest BCUT2D eigenvalue weighted by Crippen LogP contribution is 2.32. The summed E-state index contributed by atoms with van der Waals surface area (Å²) in [6.07, 6.45) is 0.962. The van der Waals surface area contributed by atoms with Gasteiger partial charge < -0.3 is 5.73 Å². The monoisotopic (exact) mass is 196 g/mol. The van der Waals surface area contributed by atoms with E-state index in [2.05, 4.69) is 5.32 Å². The van der Waals surface area contributed by atoms with Crippen LogP contribution in [0.2, 0.25) is 0 Å². The van der Waals surface area contributed by atoms with Crippen molar-refractivity contribution in [2.24, 2.45) is 11.7 Å². The van der Waals surface area contributed by atoms with E-state index in [0.29, 0.717) is 6.42 Å². The SMILES string of the molecule is CC1CCC(C(F)(F)P)NC1N. The van der Waals surface area contributed by atoms with Crippen LogP contribution in [-0.4, -0.2) is 17.9 Å². The van der Waals surface area contributed by atoms with Crippen molar-refractivity contribution in [2.45, 2.75) is 37.6 Å². The lowest BCUT2D eigenvalue weighted by atomic mass is 9.93. The lowest BCUT2D eigenvalue weighted by Crippen LogP contribution is -2.56. The van der Waals surface area contributed by atoms with Crippen molar-refractivity contribution in [1.29, 1.82) is 0 Å². The molecule has 0 saturated carbocycles. The lowest BCUT2D eigenvalue weighted by molar-refractivity contribution is 0.0292. The molecule has 2 nitrogen and oxygen atoms in total. The Kier molecular flexibility index (Phi) is 3.02. The van der Waals surface area contributed by atoms with Gasteiger partial charge in [-0.05, 0) is 18.8 Å². The van der Waals surface area contributed by atoms with Gasteiger partial charge in [-0.25, -0.2) is 8.78 Å². The summed E-state index contributed by atoms with van der Waals surface area (Å²) < 4.78 is 25.5. The molecule has 4 unspecified atom stereocenters. The molecule has 1 rings (SSSR count). The predicted molar refractivity (Wildman–Crippen MR) is 48.0 cm³/mol. The van der Waals surface area contributed by atoms with Crippen LogP contribution < -0.4 is 11.1 Å². The van der Waals surface area contributed by atoms with E-state index in [1.54, 1.807) is 9.24 Å². The molecule has 0 aromatic heterocycles. The smallest absolute Gasteiger partial charge is 0.273 e. The summed E-state index contributed by atoms with van der Waals surface area (Å²) in [7, 11) is 1.56. The summed E-state index contributed by atoms with van der Waals surface area (Å²) in [5.74, 6) is 0.286. The van der Waals surface area contributed by atoms with E-state index in [-0.39, 0.29) is 12.1 Å². The van der Waals surface area contributed by atoms with E-state index >= 15 is 0 Å². The van der Waals surface area contributed by atoms with Crippen LogP contribution in [0.1, 0.15) is 19.8 Å². The largest absolute Gasteiger partial charge is 0.316 e. The molecule has 3 N–H and O–H groups in total. The maximum absolute atomic E-state index is 12.8. The molecule has 0 radical (unpaired) electrons. The highest BCUT2D eigenvalue weighted by Gasteiger charge is 2.38. The quantitative estimate of drug-likeness (QED) is 0.617. The number of halogens is 2. The Morgan fingerprint density at radius 3 is 2.50 bits per heavy atom. The summed E-state index contributed by atoms with van der Waals surface area (Å²) >= 11 is 0. The molecule has 12 heavy (non-hydrogen) atoms. The Balaban J connectivity index is 2.51. The first-order valence-electron chi connectivity index (χ1n) is 4.09. The van der Waals surface area contributed by atoms with Gasteiger partial charge >= 0.3 is 0 Å². The van der Waals surface area contributed by atoms with Gasteiger partial charge in [0.2, 0.25) is 0 Å². The Morgan fingerprint density at radius 1 is 1.50 bits per heavy atom. The molecule has 0 aliphatic carbocycles. The lowest BCUT2D eigenvalue weighted by Gasteiger charge is -2.36. The first-order chi connectivity index (χ1) is 5.41. The van der Waals surface area contributed by atoms with E-state index in [1.807, 2.05) is 6.92 Å². The second-order valence-corrected chi connectivity index (χ2v) is 4.24. The van der Waals surface area contributed by atoms with Gasteiger partial charge in [-0.15, -0.1) is 0 Å². The molecule has 1 fully saturated rings. The van der Waals surface area contributed by atoms with Crippen LogP contribution in [0, 0.1) is 5.92 Å².